The van der Waals surface area contributed by atoms with Crippen LogP contribution in [0.4, 0.5) is 5.69 Å². The van der Waals surface area contributed by atoms with Gasteiger partial charge in [0.2, 0.25) is 0 Å². The molecule has 8 nitrogen and oxygen atoms in total. The lowest BCUT2D eigenvalue weighted by atomic mass is 10.1. The van der Waals surface area contributed by atoms with Crippen LogP contribution in [0.5, 0.6) is 0 Å². The van der Waals surface area contributed by atoms with Crippen LogP contribution in [0, 0.1) is 0 Å². The molecular formula is C24H20N6O2S. The summed E-state index contributed by atoms with van der Waals surface area (Å²) in [6.45, 7) is 0. The largest absolute Gasteiger partial charge is 0.380 e. The summed E-state index contributed by atoms with van der Waals surface area (Å²) in [6.07, 6.45) is 6.71. The van der Waals surface area contributed by atoms with Crippen LogP contribution in [-0.2, 0) is 0 Å². The molecule has 0 bridgehead atoms. The molecule has 1 unspecified atom stereocenters. The molecule has 1 aliphatic carbocycles. The van der Waals surface area contributed by atoms with Crippen molar-refractivity contribution < 1.29 is 9.90 Å². The van der Waals surface area contributed by atoms with Gasteiger partial charge in [0.1, 0.15) is 23.0 Å². The van der Waals surface area contributed by atoms with Gasteiger partial charge in [0.25, 0.3) is 5.91 Å². The number of fused-ring (bicyclic) bond motifs is 1. The zero-order valence-corrected chi connectivity index (χ0v) is 18.3. The lowest BCUT2D eigenvalue weighted by Crippen LogP contribution is -2.11. The van der Waals surface area contributed by atoms with Gasteiger partial charge in [-0.1, -0.05) is 23.4 Å². The Hall–Kier alpha value is -3.82. The van der Waals surface area contributed by atoms with E-state index in [0.29, 0.717) is 22.9 Å². The fraction of sp³-hybridized carbons (Fsp3) is 0.167. The lowest BCUT2D eigenvalue weighted by Gasteiger charge is -2.09. The zero-order chi connectivity index (χ0) is 22.4. The first kappa shape index (κ1) is 19.8. The van der Waals surface area contributed by atoms with E-state index in [1.165, 1.54) is 4.88 Å². The van der Waals surface area contributed by atoms with Crippen molar-refractivity contribution in [2.75, 3.05) is 5.32 Å². The van der Waals surface area contributed by atoms with Crippen LogP contribution in [0.15, 0.2) is 73.3 Å². The first-order chi connectivity index (χ1) is 16.2. The number of benzene rings is 2. The third-order valence-corrected chi connectivity index (χ3v) is 7.03. The molecule has 3 aromatic heterocycles. The number of hydrogen-bond donors (Lipinski definition) is 2. The topological polar surface area (TPSA) is 97.3 Å². The minimum atomic E-state index is -0.887. The molecule has 1 saturated carbocycles. The molecule has 1 atom stereocenters. The Morgan fingerprint density at radius 1 is 1.12 bits per heavy atom. The first-order valence-corrected chi connectivity index (χ1v) is 11.5. The van der Waals surface area contributed by atoms with Crippen LogP contribution in [-0.4, -0.2) is 35.4 Å². The summed E-state index contributed by atoms with van der Waals surface area (Å²) in [5, 5.41) is 22.5. The van der Waals surface area contributed by atoms with E-state index in [0.717, 1.165) is 29.1 Å². The normalized spacial score (nSPS) is 14.5. The Bertz CT molecular complexity index is 1430. The Morgan fingerprint density at radius 2 is 1.91 bits per heavy atom. The highest BCUT2D eigenvalue weighted by Crippen LogP contribution is 2.47. The molecule has 0 spiro atoms. The highest BCUT2D eigenvalue weighted by molar-refractivity contribution is 7.17. The fourth-order valence-electron chi connectivity index (χ4n) is 3.89. The summed E-state index contributed by atoms with van der Waals surface area (Å²) in [4.78, 5) is 18.8. The second-order valence-electron chi connectivity index (χ2n) is 8.09. The van der Waals surface area contributed by atoms with Crippen molar-refractivity contribution in [3.05, 3.63) is 95.1 Å². The maximum atomic E-state index is 12.3. The predicted molar refractivity (Wildman–Crippen MR) is 125 cm³/mol. The van der Waals surface area contributed by atoms with E-state index in [2.05, 4.69) is 20.6 Å². The van der Waals surface area contributed by atoms with Crippen LogP contribution in [0.1, 0.15) is 51.5 Å². The first-order valence-electron chi connectivity index (χ1n) is 10.7. The third kappa shape index (κ3) is 3.71. The van der Waals surface area contributed by atoms with Crippen LogP contribution in [0.3, 0.4) is 0 Å². The third-order valence-electron chi connectivity index (χ3n) is 5.76. The van der Waals surface area contributed by atoms with Gasteiger partial charge in [0.05, 0.1) is 23.8 Å². The average Bonchev–Trinajstić information content (AvgIpc) is 3.23. The van der Waals surface area contributed by atoms with Crippen molar-refractivity contribution >= 4 is 27.8 Å². The Labute approximate surface area is 193 Å². The number of hydrogen-bond acceptors (Lipinski definition) is 6. The monoisotopic (exact) mass is 456 g/mol. The molecule has 1 amide bonds. The summed E-state index contributed by atoms with van der Waals surface area (Å²) in [7, 11) is 0. The van der Waals surface area contributed by atoms with Crippen molar-refractivity contribution in [3.8, 4) is 5.69 Å². The molecule has 2 N–H and O–H groups in total. The van der Waals surface area contributed by atoms with E-state index in [-0.39, 0.29) is 5.91 Å². The van der Waals surface area contributed by atoms with E-state index in [9.17, 15) is 9.90 Å². The molecule has 1 fully saturated rings. The molecule has 0 aliphatic heterocycles. The van der Waals surface area contributed by atoms with E-state index >= 15 is 0 Å². The van der Waals surface area contributed by atoms with Crippen molar-refractivity contribution in [2.45, 2.75) is 24.9 Å². The number of aliphatic hydroxyl groups is 1. The summed E-state index contributed by atoms with van der Waals surface area (Å²) in [5.41, 5.74) is 3.37. The van der Waals surface area contributed by atoms with Crippen molar-refractivity contribution in [2.24, 2.45) is 0 Å². The van der Waals surface area contributed by atoms with Gasteiger partial charge in [-0.05, 0) is 55.2 Å². The highest BCUT2D eigenvalue weighted by Gasteiger charge is 2.33. The number of anilines is 1. The molecule has 3 heterocycles. The summed E-state index contributed by atoms with van der Waals surface area (Å²) < 4.78 is 3.57. The molecule has 1 aliphatic rings. The number of thiazole rings is 1. The van der Waals surface area contributed by atoms with Crippen LogP contribution in [0.2, 0.25) is 0 Å². The average molecular weight is 457 g/mol. The van der Waals surface area contributed by atoms with Gasteiger partial charge in [-0.3, -0.25) is 9.20 Å². The summed E-state index contributed by atoms with van der Waals surface area (Å²) in [5.74, 6) is 0.343. The maximum Gasteiger partial charge on any atom is 0.255 e. The molecule has 6 rings (SSSR count). The molecule has 33 heavy (non-hydrogen) atoms. The molecule has 164 valence electrons. The van der Waals surface area contributed by atoms with E-state index in [4.69, 9.17) is 0 Å². The molecule has 5 aromatic rings. The number of nitrogens with zero attached hydrogens (tertiary/aromatic N) is 5. The van der Waals surface area contributed by atoms with Gasteiger partial charge in [0.15, 0.2) is 0 Å². The van der Waals surface area contributed by atoms with E-state index in [1.807, 2.05) is 53.1 Å². The SMILES string of the molecule is O=C(Nc1ccc(-n2cc(C(O)c3c(C4CC4)sc4cncn34)nn2)cc1)c1ccccc1. The minimum Gasteiger partial charge on any atom is -0.380 e. The Balaban J connectivity index is 1.22. The zero-order valence-electron chi connectivity index (χ0n) is 17.5. The van der Waals surface area contributed by atoms with Gasteiger partial charge in [0, 0.05) is 16.1 Å². The van der Waals surface area contributed by atoms with Crippen LogP contribution < -0.4 is 5.32 Å². The van der Waals surface area contributed by atoms with Gasteiger partial charge in [-0.25, -0.2) is 9.67 Å². The van der Waals surface area contributed by atoms with Gasteiger partial charge >= 0.3 is 0 Å². The maximum absolute atomic E-state index is 12.3. The van der Waals surface area contributed by atoms with Crippen molar-refractivity contribution in [3.63, 3.8) is 0 Å². The number of imidazole rings is 1. The number of nitrogens with one attached hydrogen (secondary N) is 1. The molecule has 0 radical (unpaired) electrons. The Kier molecular flexibility index (Phi) is 4.78. The van der Waals surface area contributed by atoms with Crippen molar-refractivity contribution in [1.29, 1.82) is 0 Å². The van der Waals surface area contributed by atoms with Crippen LogP contribution >= 0.6 is 11.3 Å². The number of rotatable bonds is 6. The standard InChI is InChI=1S/C24H20N6O2S/c31-22(21-23(15-6-7-15)33-20-12-25-14-29(20)21)19-13-30(28-27-19)18-10-8-17(9-11-18)26-24(32)16-4-2-1-3-5-16/h1-5,8-15,22,31H,6-7H2,(H,26,32). The predicted octanol–water partition coefficient (Wildman–Crippen LogP) is 4.19. The number of carbonyl (C=O) groups excluding carboxylic acids is 1. The molecule has 9 heteroatoms. The molecular weight excluding hydrogens is 436 g/mol. The second-order valence-corrected chi connectivity index (χ2v) is 9.15. The Morgan fingerprint density at radius 3 is 2.67 bits per heavy atom. The number of carbonyl (C=O) groups is 1. The summed E-state index contributed by atoms with van der Waals surface area (Å²) in [6, 6.07) is 16.4. The van der Waals surface area contributed by atoms with Gasteiger partial charge < -0.3 is 10.4 Å². The lowest BCUT2D eigenvalue weighted by molar-refractivity contribution is 0.102. The minimum absolute atomic E-state index is 0.164. The van der Waals surface area contributed by atoms with Crippen molar-refractivity contribution in [1.82, 2.24) is 24.4 Å². The van der Waals surface area contributed by atoms with E-state index < -0.39 is 6.10 Å². The number of aliphatic hydroxyl groups excluding tert-OH is 1. The highest BCUT2D eigenvalue weighted by atomic mass is 32.1. The molecule has 0 saturated heterocycles. The number of aromatic nitrogens is 5. The smallest absolute Gasteiger partial charge is 0.255 e. The fourth-order valence-corrected chi connectivity index (χ4v) is 5.19. The number of amides is 1. The quantitative estimate of drug-likeness (QED) is 0.399. The van der Waals surface area contributed by atoms with E-state index in [1.54, 1.807) is 40.7 Å². The summed E-state index contributed by atoms with van der Waals surface area (Å²) >= 11 is 1.68. The van der Waals surface area contributed by atoms with Gasteiger partial charge in [-0.15, -0.1) is 16.4 Å². The van der Waals surface area contributed by atoms with Gasteiger partial charge in [-0.2, -0.15) is 0 Å². The second kappa shape index (κ2) is 7.95. The molecule has 2 aromatic carbocycles. The van der Waals surface area contributed by atoms with Crippen LogP contribution in [0.25, 0.3) is 10.5 Å².